The van der Waals surface area contributed by atoms with Crippen LogP contribution in [-0.4, -0.2) is 23.1 Å². The van der Waals surface area contributed by atoms with Crippen LogP contribution in [-0.2, 0) is 6.42 Å². The largest absolute Gasteiger partial charge is 1.00 e. The topological polar surface area (TPSA) is 80.9 Å². The van der Waals surface area contributed by atoms with Gasteiger partial charge in [-0.05, 0) is 38.5 Å². The lowest BCUT2D eigenvalue weighted by atomic mass is 9.99. The first-order valence-electron chi connectivity index (χ1n) is 7.97. The van der Waals surface area contributed by atoms with Crippen molar-refractivity contribution in [3.8, 4) is 17.2 Å². The van der Waals surface area contributed by atoms with Crippen molar-refractivity contribution < 1.29 is 37.1 Å². The van der Waals surface area contributed by atoms with E-state index in [-0.39, 0.29) is 40.8 Å². The fourth-order valence-electron chi connectivity index (χ4n) is 2.39. The van der Waals surface area contributed by atoms with Gasteiger partial charge in [0.2, 0.25) is 0 Å². The summed E-state index contributed by atoms with van der Waals surface area (Å²) < 4.78 is 5.16. The molecule has 0 saturated carbocycles. The number of aromatic hydroxyl groups is 2. The van der Waals surface area contributed by atoms with Crippen LogP contribution in [0.5, 0.6) is 17.2 Å². The molecular weight excluding hydrogens is 389 g/mol. The van der Waals surface area contributed by atoms with Gasteiger partial charge in [-0.2, -0.15) is 0 Å². The molecule has 5 nitrogen and oxygen atoms in total. The molecule has 0 bridgehead atoms. The maximum absolute atomic E-state index is 12.6. The summed E-state index contributed by atoms with van der Waals surface area (Å²) in [4.78, 5) is 15.5. The number of hydrogen-bond donors (Lipinski definition) is 2. The van der Waals surface area contributed by atoms with Crippen LogP contribution in [0.3, 0.4) is 0 Å². The van der Waals surface area contributed by atoms with Crippen LogP contribution in [0.15, 0.2) is 42.3 Å². The molecule has 3 N–H and O–H groups in total. The molecule has 1 aromatic heterocycles. The molecule has 0 radical (unpaired) electrons. The zero-order chi connectivity index (χ0) is 19.3. The number of rotatable bonds is 6. The van der Waals surface area contributed by atoms with Gasteiger partial charge in [-0.1, -0.05) is 23.3 Å². The molecule has 2 rings (SSSR count). The number of H-pyrrole nitrogens is 1. The van der Waals surface area contributed by atoms with Crippen LogP contribution >= 0.6 is 11.6 Å². The summed E-state index contributed by atoms with van der Waals surface area (Å²) >= 11 is 5.91. The van der Waals surface area contributed by atoms with Crippen molar-refractivity contribution in [3.63, 3.8) is 0 Å². The van der Waals surface area contributed by atoms with E-state index >= 15 is 0 Å². The van der Waals surface area contributed by atoms with Crippen LogP contribution < -0.4 is 22.1 Å². The smallest absolute Gasteiger partial charge is 0.193 e. The highest BCUT2D eigenvalue weighted by Crippen LogP contribution is 2.39. The second-order valence-corrected chi connectivity index (χ2v) is 6.40. The van der Waals surface area contributed by atoms with E-state index in [0.29, 0.717) is 17.0 Å². The van der Waals surface area contributed by atoms with Gasteiger partial charge < -0.3 is 27.4 Å². The third-order valence-electron chi connectivity index (χ3n) is 3.73. The van der Waals surface area contributed by atoms with Gasteiger partial charge in [-0.25, -0.2) is 4.98 Å². The number of nitrogens with one attached hydrogen (secondary N) is 1. The SMILES string of the molecule is COc1cc(O)c(CC=C(C)C)c(O)c1C(=O)C=Cc1c[nH+]cc(Cl)c1.[Cl-]. The lowest BCUT2D eigenvalue weighted by Crippen LogP contribution is -3.00. The molecule has 1 heterocycles. The van der Waals surface area contributed by atoms with E-state index in [0.717, 1.165) is 5.57 Å². The molecule has 1 aromatic carbocycles. The highest BCUT2D eigenvalue weighted by Gasteiger charge is 2.21. The van der Waals surface area contributed by atoms with Crippen LogP contribution in [0.2, 0.25) is 5.02 Å². The van der Waals surface area contributed by atoms with E-state index < -0.39 is 5.78 Å². The van der Waals surface area contributed by atoms with Crippen LogP contribution in [0.4, 0.5) is 0 Å². The Labute approximate surface area is 169 Å². The Morgan fingerprint density at radius 1 is 1.26 bits per heavy atom. The highest BCUT2D eigenvalue weighted by molar-refractivity contribution is 6.30. The lowest BCUT2D eigenvalue weighted by molar-refractivity contribution is -0.378. The van der Waals surface area contributed by atoms with Crippen LogP contribution in [0.1, 0.15) is 35.3 Å². The van der Waals surface area contributed by atoms with Crippen molar-refractivity contribution in [1.29, 1.82) is 0 Å². The number of phenols is 2. The van der Waals surface area contributed by atoms with Crippen molar-refractivity contribution in [2.24, 2.45) is 0 Å². The number of carbonyl (C=O) groups excluding carboxylic acids is 1. The predicted octanol–water partition coefficient (Wildman–Crippen LogP) is 0.983. The van der Waals surface area contributed by atoms with Gasteiger partial charge in [-0.3, -0.25) is 4.79 Å². The number of phenolic OH excluding ortho intramolecular Hbond substituents is 2. The number of methoxy groups -OCH3 is 1. The molecular formula is C20H21Cl2NO4. The second kappa shape index (κ2) is 10.00. The lowest BCUT2D eigenvalue weighted by Gasteiger charge is -2.13. The Balaban J connectivity index is 0.00000364. The predicted molar refractivity (Wildman–Crippen MR) is 101 cm³/mol. The molecule has 0 spiro atoms. The highest BCUT2D eigenvalue weighted by atomic mass is 35.5. The minimum absolute atomic E-state index is 0. The number of ketones is 1. The quantitative estimate of drug-likeness (QED) is 0.423. The fraction of sp³-hybridized carbons (Fsp3) is 0.200. The van der Waals surface area contributed by atoms with Crippen molar-refractivity contribution in [2.75, 3.05) is 7.11 Å². The van der Waals surface area contributed by atoms with Crippen molar-refractivity contribution in [3.05, 3.63) is 64.0 Å². The third-order valence-corrected chi connectivity index (χ3v) is 3.95. The zero-order valence-electron chi connectivity index (χ0n) is 15.2. The number of hydrogen-bond acceptors (Lipinski definition) is 4. The Morgan fingerprint density at radius 2 is 1.96 bits per heavy atom. The maximum atomic E-state index is 12.6. The number of allylic oxidation sites excluding steroid dienone is 3. The average molecular weight is 410 g/mol. The Morgan fingerprint density at radius 3 is 2.56 bits per heavy atom. The fourth-order valence-corrected chi connectivity index (χ4v) is 2.58. The molecule has 144 valence electrons. The van der Waals surface area contributed by atoms with Crippen LogP contribution in [0.25, 0.3) is 6.08 Å². The number of carbonyl (C=O) groups is 1. The van der Waals surface area contributed by atoms with E-state index in [1.807, 2.05) is 19.9 Å². The minimum atomic E-state index is -0.447. The van der Waals surface area contributed by atoms with Gasteiger partial charge in [0.05, 0.1) is 7.11 Å². The first kappa shape index (κ1) is 22.5. The molecule has 0 saturated heterocycles. The van der Waals surface area contributed by atoms with Crippen molar-refractivity contribution in [1.82, 2.24) is 0 Å². The molecule has 0 aliphatic rings. The molecule has 27 heavy (non-hydrogen) atoms. The van der Waals surface area contributed by atoms with Crippen molar-refractivity contribution >= 4 is 23.5 Å². The Kier molecular flexibility index (Phi) is 8.34. The third kappa shape index (κ3) is 5.74. The molecule has 0 atom stereocenters. The van der Waals surface area contributed by atoms with Crippen molar-refractivity contribution in [2.45, 2.75) is 20.3 Å². The summed E-state index contributed by atoms with van der Waals surface area (Å²) in [7, 11) is 1.37. The maximum Gasteiger partial charge on any atom is 0.193 e. The van der Waals surface area contributed by atoms with Gasteiger partial charge in [0.25, 0.3) is 0 Å². The van der Waals surface area contributed by atoms with E-state index in [2.05, 4.69) is 4.98 Å². The standard InChI is InChI=1S/C20H20ClNO4.ClH/c1-12(2)4-6-15-17(24)9-18(26-3)19(20(15)25)16(23)7-5-13-8-14(21)11-22-10-13;/h4-5,7-11,24-25H,6H2,1-3H3;1H. The first-order chi connectivity index (χ1) is 12.3. The summed E-state index contributed by atoms with van der Waals surface area (Å²) in [5.41, 5.74) is 2.02. The molecule has 0 fully saturated rings. The molecule has 0 aliphatic heterocycles. The Bertz CT molecular complexity index is 888. The van der Waals surface area contributed by atoms with Gasteiger partial charge in [-0.15, -0.1) is 0 Å². The number of pyridine rings is 1. The molecule has 7 heteroatoms. The minimum Gasteiger partial charge on any atom is -1.00 e. The summed E-state index contributed by atoms with van der Waals surface area (Å²) in [6.07, 6.45) is 8.35. The van der Waals surface area contributed by atoms with E-state index in [1.165, 1.54) is 19.3 Å². The van der Waals surface area contributed by atoms with Gasteiger partial charge in [0, 0.05) is 17.2 Å². The summed E-state index contributed by atoms with van der Waals surface area (Å²) in [5.74, 6) is -0.750. The first-order valence-corrected chi connectivity index (χ1v) is 8.35. The second-order valence-electron chi connectivity index (χ2n) is 5.97. The van der Waals surface area contributed by atoms with Crippen LogP contribution in [0, 0.1) is 0 Å². The molecule has 2 aromatic rings. The molecule has 0 aliphatic carbocycles. The van der Waals surface area contributed by atoms with E-state index in [4.69, 9.17) is 16.3 Å². The van der Waals surface area contributed by atoms with Gasteiger partial charge in [0.15, 0.2) is 18.2 Å². The number of aromatic nitrogens is 1. The number of aromatic amines is 1. The monoisotopic (exact) mass is 409 g/mol. The van der Waals surface area contributed by atoms with E-state index in [1.54, 1.807) is 24.5 Å². The summed E-state index contributed by atoms with van der Waals surface area (Å²) in [6, 6.07) is 3.03. The Hall–Kier alpha value is -2.50. The summed E-state index contributed by atoms with van der Waals surface area (Å²) in [5, 5.41) is 21.2. The normalized spacial score (nSPS) is 10.4. The summed E-state index contributed by atoms with van der Waals surface area (Å²) in [6.45, 7) is 3.82. The zero-order valence-corrected chi connectivity index (χ0v) is 16.7. The van der Waals surface area contributed by atoms with E-state index in [9.17, 15) is 15.0 Å². The number of benzene rings is 1. The number of halogens is 2. The number of ether oxygens (including phenoxy) is 1. The molecule has 0 amide bonds. The average Bonchev–Trinajstić information content (AvgIpc) is 2.58. The van der Waals surface area contributed by atoms with Gasteiger partial charge in [0.1, 0.15) is 27.8 Å². The van der Waals surface area contributed by atoms with Gasteiger partial charge >= 0.3 is 0 Å². The molecule has 0 unspecified atom stereocenters.